The molecule has 0 spiro atoms. The van der Waals surface area contributed by atoms with Crippen LogP contribution in [0.15, 0.2) is 12.2 Å². The molecule has 0 amide bonds. The number of allylic oxidation sites excluding steroid dienone is 2. The van der Waals surface area contributed by atoms with Gasteiger partial charge >= 0.3 is 0 Å². The van der Waals surface area contributed by atoms with Crippen molar-refractivity contribution in [2.24, 2.45) is 5.92 Å². The van der Waals surface area contributed by atoms with Crippen LogP contribution in [0.5, 0.6) is 0 Å². The quantitative estimate of drug-likeness (QED) is 0.535. The lowest BCUT2D eigenvalue weighted by Gasteiger charge is -2.25. The summed E-state index contributed by atoms with van der Waals surface area (Å²) in [6.07, 6.45) is 9.41. The predicted molar refractivity (Wildman–Crippen MR) is 77.8 cm³/mol. The van der Waals surface area contributed by atoms with Gasteiger partial charge in [0.2, 0.25) is 0 Å². The first-order valence-electron chi connectivity index (χ1n) is 7.18. The van der Waals surface area contributed by atoms with Gasteiger partial charge in [-0.3, -0.25) is 4.79 Å². The summed E-state index contributed by atoms with van der Waals surface area (Å²) in [6.45, 7) is 11.0. The van der Waals surface area contributed by atoms with Gasteiger partial charge in [-0.15, -0.1) is 0 Å². The van der Waals surface area contributed by atoms with Gasteiger partial charge in [-0.2, -0.15) is 0 Å². The van der Waals surface area contributed by atoms with Crippen molar-refractivity contribution < 1.29 is 9.53 Å². The second kappa shape index (κ2) is 9.32. The first kappa shape index (κ1) is 17.4. The van der Waals surface area contributed by atoms with E-state index in [1.54, 1.807) is 13.0 Å². The van der Waals surface area contributed by atoms with Crippen molar-refractivity contribution in [3.05, 3.63) is 12.2 Å². The lowest BCUT2D eigenvalue weighted by Crippen LogP contribution is -2.24. The van der Waals surface area contributed by atoms with Gasteiger partial charge in [0.1, 0.15) is 0 Å². The number of ether oxygens (including phenoxy) is 1. The van der Waals surface area contributed by atoms with Crippen LogP contribution in [0, 0.1) is 5.92 Å². The molecular formula is C16H30O2. The molecule has 0 N–H and O–H groups in total. The number of hydrogen-bond donors (Lipinski definition) is 0. The second-order valence-corrected chi connectivity index (χ2v) is 5.78. The smallest absolute Gasteiger partial charge is 0.152 e. The Morgan fingerprint density at radius 3 is 2.56 bits per heavy atom. The maximum absolute atomic E-state index is 10.7. The van der Waals surface area contributed by atoms with Crippen molar-refractivity contribution in [2.45, 2.75) is 72.3 Å². The number of hydrogen-bond acceptors (Lipinski definition) is 2. The summed E-state index contributed by atoms with van der Waals surface area (Å²) < 4.78 is 5.69. The number of carbonyl (C=O) groups excluding carboxylic acids is 1. The molecule has 0 aliphatic rings. The van der Waals surface area contributed by atoms with Gasteiger partial charge in [0.05, 0.1) is 5.60 Å². The molecule has 18 heavy (non-hydrogen) atoms. The van der Waals surface area contributed by atoms with Crippen LogP contribution in [-0.4, -0.2) is 18.0 Å². The molecule has 106 valence electrons. The SMILES string of the molecule is CCOC(C)(C)CCCC(C)CCC=CC(C)=O. The molecule has 0 radical (unpaired) electrons. The van der Waals surface area contributed by atoms with E-state index in [0.717, 1.165) is 25.4 Å². The Balaban J connectivity index is 3.64. The average molecular weight is 254 g/mol. The Hall–Kier alpha value is -0.630. The maximum Gasteiger partial charge on any atom is 0.152 e. The Labute approximate surface area is 113 Å². The van der Waals surface area contributed by atoms with Crippen LogP contribution in [0.3, 0.4) is 0 Å². The topological polar surface area (TPSA) is 26.3 Å². The third-order valence-corrected chi connectivity index (χ3v) is 3.19. The van der Waals surface area contributed by atoms with Crippen molar-refractivity contribution in [3.63, 3.8) is 0 Å². The number of carbonyl (C=O) groups is 1. The zero-order chi connectivity index (χ0) is 14.0. The molecule has 1 atom stereocenters. The first-order chi connectivity index (χ1) is 8.37. The van der Waals surface area contributed by atoms with Crippen LogP contribution in [-0.2, 0) is 9.53 Å². The lowest BCUT2D eigenvalue weighted by molar-refractivity contribution is -0.112. The molecule has 0 rings (SSSR count). The fourth-order valence-corrected chi connectivity index (χ4v) is 2.11. The third kappa shape index (κ3) is 10.5. The number of ketones is 1. The highest BCUT2D eigenvalue weighted by Gasteiger charge is 2.17. The van der Waals surface area contributed by atoms with Crippen molar-refractivity contribution in [1.29, 1.82) is 0 Å². The van der Waals surface area contributed by atoms with Crippen LogP contribution >= 0.6 is 0 Å². The standard InChI is InChI=1S/C16H30O2/c1-6-18-16(4,5)13-9-11-14(2)10-7-8-12-15(3)17/h8,12,14H,6-7,9-11,13H2,1-5H3. The largest absolute Gasteiger partial charge is 0.376 e. The van der Waals surface area contributed by atoms with Crippen LogP contribution < -0.4 is 0 Å². The lowest BCUT2D eigenvalue weighted by atomic mass is 9.94. The highest BCUT2D eigenvalue weighted by molar-refractivity contribution is 5.87. The van der Waals surface area contributed by atoms with E-state index in [-0.39, 0.29) is 11.4 Å². The Morgan fingerprint density at radius 2 is 2.00 bits per heavy atom. The van der Waals surface area contributed by atoms with E-state index < -0.39 is 0 Å². The average Bonchev–Trinajstić information content (AvgIpc) is 2.23. The highest BCUT2D eigenvalue weighted by Crippen LogP contribution is 2.21. The molecule has 0 aromatic rings. The molecule has 0 fully saturated rings. The highest BCUT2D eigenvalue weighted by atomic mass is 16.5. The van der Waals surface area contributed by atoms with Crippen LogP contribution in [0.1, 0.15) is 66.7 Å². The zero-order valence-corrected chi connectivity index (χ0v) is 12.8. The van der Waals surface area contributed by atoms with E-state index in [9.17, 15) is 4.79 Å². The Morgan fingerprint density at radius 1 is 1.33 bits per heavy atom. The summed E-state index contributed by atoms with van der Waals surface area (Å²) in [5.74, 6) is 0.861. The van der Waals surface area contributed by atoms with Crippen molar-refractivity contribution in [2.75, 3.05) is 6.61 Å². The Kier molecular flexibility index (Phi) is 8.99. The molecule has 0 saturated heterocycles. The Bertz CT molecular complexity index is 254. The van der Waals surface area contributed by atoms with Gasteiger partial charge < -0.3 is 4.74 Å². The monoisotopic (exact) mass is 254 g/mol. The molecule has 0 aliphatic carbocycles. The molecule has 0 saturated carbocycles. The van der Waals surface area contributed by atoms with E-state index in [1.165, 1.54) is 19.3 Å². The van der Waals surface area contributed by atoms with Gasteiger partial charge in [0.25, 0.3) is 0 Å². The summed E-state index contributed by atoms with van der Waals surface area (Å²) in [4.78, 5) is 10.7. The van der Waals surface area contributed by atoms with Gasteiger partial charge in [-0.1, -0.05) is 25.8 Å². The van der Waals surface area contributed by atoms with Gasteiger partial charge in [0.15, 0.2) is 5.78 Å². The number of rotatable bonds is 10. The van der Waals surface area contributed by atoms with Gasteiger partial charge in [-0.05, 0) is 59.0 Å². The van der Waals surface area contributed by atoms with Gasteiger partial charge in [-0.25, -0.2) is 0 Å². The van der Waals surface area contributed by atoms with Crippen LogP contribution in [0.25, 0.3) is 0 Å². The molecule has 0 heterocycles. The molecule has 0 aliphatic heterocycles. The fourth-order valence-electron chi connectivity index (χ4n) is 2.11. The molecule has 0 aromatic carbocycles. The first-order valence-corrected chi connectivity index (χ1v) is 7.18. The van der Waals surface area contributed by atoms with Crippen molar-refractivity contribution in [1.82, 2.24) is 0 Å². The van der Waals surface area contributed by atoms with Crippen LogP contribution in [0.4, 0.5) is 0 Å². The van der Waals surface area contributed by atoms with E-state index in [0.29, 0.717) is 0 Å². The van der Waals surface area contributed by atoms with Crippen LogP contribution in [0.2, 0.25) is 0 Å². The van der Waals surface area contributed by atoms with Gasteiger partial charge in [0, 0.05) is 6.61 Å². The van der Waals surface area contributed by atoms with E-state index in [4.69, 9.17) is 4.74 Å². The normalized spacial score (nSPS) is 14.1. The molecule has 1 unspecified atom stereocenters. The minimum atomic E-state index is 0.0169. The molecule has 2 nitrogen and oxygen atoms in total. The minimum Gasteiger partial charge on any atom is -0.376 e. The minimum absolute atomic E-state index is 0.0169. The van der Waals surface area contributed by atoms with Crippen molar-refractivity contribution in [3.8, 4) is 0 Å². The molecule has 0 aromatic heterocycles. The third-order valence-electron chi connectivity index (χ3n) is 3.19. The molecule has 0 bridgehead atoms. The van der Waals surface area contributed by atoms with E-state index >= 15 is 0 Å². The van der Waals surface area contributed by atoms with E-state index in [1.807, 2.05) is 13.0 Å². The summed E-state index contributed by atoms with van der Waals surface area (Å²) in [5, 5.41) is 0. The summed E-state index contributed by atoms with van der Waals surface area (Å²) in [7, 11) is 0. The summed E-state index contributed by atoms with van der Waals surface area (Å²) in [5.41, 5.74) is 0.0169. The summed E-state index contributed by atoms with van der Waals surface area (Å²) in [6, 6.07) is 0. The molecular weight excluding hydrogens is 224 g/mol. The van der Waals surface area contributed by atoms with E-state index in [2.05, 4.69) is 20.8 Å². The zero-order valence-electron chi connectivity index (χ0n) is 12.8. The maximum atomic E-state index is 10.7. The second-order valence-electron chi connectivity index (χ2n) is 5.78. The van der Waals surface area contributed by atoms with Crippen molar-refractivity contribution >= 4 is 5.78 Å². The fraction of sp³-hybridized carbons (Fsp3) is 0.812. The predicted octanol–water partition coefficient (Wildman–Crippen LogP) is 4.53. The summed E-state index contributed by atoms with van der Waals surface area (Å²) >= 11 is 0. The molecule has 2 heteroatoms.